The van der Waals surface area contributed by atoms with Gasteiger partial charge in [-0.2, -0.15) is 0 Å². The third-order valence-electron chi connectivity index (χ3n) is 4.33. The van der Waals surface area contributed by atoms with Crippen molar-refractivity contribution in [2.75, 3.05) is 0 Å². The summed E-state index contributed by atoms with van der Waals surface area (Å²) in [4.78, 5) is 0. The van der Waals surface area contributed by atoms with Crippen LogP contribution < -0.4 is 0 Å². The van der Waals surface area contributed by atoms with E-state index in [9.17, 15) is 5.11 Å². The highest BCUT2D eigenvalue weighted by Gasteiger charge is 2.38. The van der Waals surface area contributed by atoms with E-state index in [4.69, 9.17) is 0 Å². The second kappa shape index (κ2) is 4.81. The normalized spacial score (nSPS) is 24.8. The first-order chi connectivity index (χ1) is 7.99. The van der Waals surface area contributed by atoms with E-state index in [0.29, 0.717) is 11.3 Å². The van der Waals surface area contributed by atoms with Gasteiger partial charge in [-0.05, 0) is 43.1 Å². The first-order valence-corrected chi connectivity index (χ1v) is 6.73. The summed E-state index contributed by atoms with van der Waals surface area (Å²) in [5.41, 5.74) is 2.85. The summed E-state index contributed by atoms with van der Waals surface area (Å²) in [5, 5.41) is 10.4. The van der Waals surface area contributed by atoms with Crippen LogP contribution in [0.4, 0.5) is 0 Å². The average molecular weight is 232 g/mol. The number of aliphatic hydroxyl groups excluding tert-OH is 1. The van der Waals surface area contributed by atoms with Gasteiger partial charge < -0.3 is 5.11 Å². The zero-order valence-corrected chi connectivity index (χ0v) is 11.2. The first-order valence-electron chi connectivity index (χ1n) is 6.73. The van der Waals surface area contributed by atoms with Crippen LogP contribution in [0.1, 0.15) is 44.2 Å². The van der Waals surface area contributed by atoms with E-state index >= 15 is 0 Å². The van der Waals surface area contributed by atoms with E-state index in [-0.39, 0.29) is 6.10 Å². The number of aliphatic hydroxyl groups is 1. The van der Waals surface area contributed by atoms with Gasteiger partial charge in [0.1, 0.15) is 0 Å². The molecule has 2 atom stereocenters. The molecule has 2 rings (SSSR count). The third kappa shape index (κ3) is 2.90. The molecule has 2 unspecified atom stereocenters. The molecule has 0 aromatic heterocycles. The van der Waals surface area contributed by atoms with Gasteiger partial charge in [0.05, 0.1) is 6.10 Å². The molecule has 1 nitrogen and oxygen atoms in total. The van der Waals surface area contributed by atoms with Crippen molar-refractivity contribution in [3.05, 3.63) is 35.4 Å². The topological polar surface area (TPSA) is 20.2 Å². The Kier molecular flexibility index (Phi) is 3.58. The van der Waals surface area contributed by atoms with E-state index in [1.54, 1.807) is 0 Å². The van der Waals surface area contributed by atoms with Gasteiger partial charge in [0.2, 0.25) is 0 Å². The molecular formula is C16H24O. The minimum atomic E-state index is -0.186. The van der Waals surface area contributed by atoms with Crippen molar-refractivity contribution in [1.29, 1.82) is 0 Å². The lowest BCUT2D eigenvalue weighted by Crippen LogP contribution is -2.31. The van der Waals surface area contributed by atoms with Crippen LogP contribution in [0.25, 0.3) is 0 Å². The second-order valence-corrected chi connectivity index (χ2v) is 6.25. The molecule has 1 fully saturated rings. The Hall–Kier alpha value is -0.820. The van der Waals surface area contributed by atoms with Crippen molar-refractivity contribution in [3.8, 4) is 0 Å². The Labute approximate surface area is 105 Å². The lowest BCUT2D eigenvalue weighted by Gasteiger charge is -2.31. The van der Waals surface area contributed by atoms with Crippen LogP contribution in [-0.4, -0.2) is 11.2 Å². The van der Waals surface area contributed by atoms with Gasteiger partial charge in [-0.15, -0.1) is 0 Å². The molecule has 0 bridgehead atoms. The maximum Gasteiger partial charge on any atom is 0.0613 e. The predicted molar refractivity (Wildman–Crippen MR) is 72.0 cm³/mol. The lowest BCUT2D eigenvalue weighted by atomic mass is 9.77. The molecule has 1 aliphatic carbocycles. The fraction of sp³-hybridized carbons (Fsp3) is 0.625. The maximum atomic E-state index is 10.4. The van der Waals surface area contributed by atoms with Crippen molar-refractivity contribution in [1.82, 2.24) is 0 Å². The number of aryl methyl sites for hydroxylation is 1. The Balaban J connectivity index is 2.04. The molecule has 1 aromatic rings. The molecule has 0 radical (unpaired) electrons. The van der Waals surface area contributed by atoms with E-state index in [1.807, 2.05) is 0 Å². The molecule has 0 aliphatic heterocycles. The van der Waals surface area contributed by atoms with Gasteiger partial charge in [0.25, 0.3) is 0 Å². The first kappa shape index (κ1) is 12.6. The lowest BCUT2D eigenvalue weighted by molar-refractivity contribution is 0.0543. The van der Waals surface area contributed by atoms with E-state index in [2.05, 4.69) is 45.0 Å². The van der Waals surface area contributed by atoms with Gasteiger partial charge in [0.15, 0.2) is 0 Å². The highest BCUT2D eigenvalue weighted by Crippen LogP contribution is 2.44. The molecule has 1 aliphatic rings. The van der Waals surface area contributed by atoms with E-state index in [1.165, 1.54) is 30.4 Å². The minimum absolute atomic E-state index is 0.186. The van der Waals surface area contributed by atoms with Crippen LogP contribution in [-0.2, 0) is 6.42 Å². The molecule has 17 heavy (non-hydrogen) atoms. The number of hydrogen-bond acceptors (Lipinski definition) is 1. The zero-order chi connectivity index (χ0) is 12.5. The second-order valence-electron chi connectivity index (χ2n) is 6.25. The van der Waals surface area contributed by atoms with Gasteiger partial charge in [-0.1, -0.05) is 50.1 Å². The van der Waals surface area contributed by atoms with Crippen molar-refractivity contribution >= 4 is 0 Å². The molecule has 0 saturated heterocycles. The van der Waals surface area contributed by atoms with Crippen molar-refractivity contribution in [2.24, 2.45) is 11.3 Å². The highest BCUT2D eigenvalue weighted by atomic mass is 16.3. The van der Waals surface area contributed by atoms with Gasteiger partial charge >= 0.3 is 0 Å². The molecule has 1 aromatic carbocycles. The summed E-state index contributed by atoms with van der Waals surface area (Å²) in [7, 11) is 0. The third-order valence-corrected chi connectivity index (χ3v) is 4.33. The summed E-state index contributed by atoms with van der Waals surface area (Å²) >= 11 is 0. The van der Waals surface area contributed by atoms with Crippen LogP contribution in [0.15, 0.2) is 24.3 Å². The van der Waals surface area contributed by atoms with Crippen LogP contribution in [0.5, 0.6) is 0 Å². The van der Waals surface area contributed by atoms with Gasteiger partial charge in [-0.3, -0.25) is 0 Å². The predicted octanol–water partition coefficient (Wildman–Crippen LogP) is 3.72. The Bertz CT molecular complexity index is 381. The van der Waals surface area contributed by atoms with Gasteiger partial charge in [0, 0.05) is 0 Å². The quantitative estimate of drug-likeness (QED) is 0.842. The fourth-order valence-corrected chi connectivity index (χ4v) is 3.29. The molecule has 94 valence electrons. The van der Waals surface area contributed by atoms with Crippen molar-refractivity contribution in [3.63, 3.8) is 0 Å². The number of benzene rings is 1. The Morgan fingerprint density at radius 1 is 1.41 bits per heavy atom. The molecule has 0 heterocycles. The van der Waals surface area contributed by atoms with Gasteiger partial charge in [-0.25, -0.2) is 0 Å². The van der Waals surface area contributed by atoms with Crippen molar-refractivity contribution < 1.29 is 5.11 Å². The summed E-state index contributed by atoms with van der Waals surface area (Å²) < 4.78 is 0. The Morgan fingerprint density at radius 2 is 2.18 bits per heavy atom. The van der Waals surface area contributed by atoms with Crippen LogP contribution in [0, 0.1) is 18.3 Å². The van der Waals surface area contributed by atoms with E-state index in [0.717, 1.165) is 6.42 Å². The monoisotopic (exact) mass is 232 g/mol. The molecule has 0 spiro atoms. The molecule has 1 N–H and O–H groups in total. The molecule has 1 saturated carbocycles. The molecule has 0 amide bonds. The number of hydrogen-bond donors (Lipinski definition) is 1. The summed E-state index contributed by atoms with van der Waals surface area (Å²) in [6, 6.07) is 8.50. The smallest absolute Gasteiger partial charge is 0.0613 e. The summed E-state index contributed by atoms with van der Waals surface area (Å²) in [6.07, 6.45) is 4.32. The fourth-order valence-electron chi connectivity index (χ4n) is 3.29. The Morgan fingerprint density at radius 3 is 2.76 bits per heavy atom. The van der Waals surface area contributed by atoms with Crippen LogP contribution in [0.3, 0.4) is 0 Å². The number of rotatable bonds is 3. The van der Waals surface area contributed by atoms with E-state index < -0.39 is 0 Å². The molecular weight excluding hydrogens is 208 g/mol. The van der Waals surface area contributed by atoms with Crippen LogP contribution in [0.2, 0.25) is 0 Å². The van der Waals surface area contributed by atoms with Crippen LogP contribution >= 0.6 is 0 Å². The highest BCUT2D eigenvalue weighted by molar-refractivity contribution is 5.23. The average Bonchev–Trinajstić information content (AvgIpc) is 2.58. The maximum absolute atomic E-state index is 10.4. The zero-order valence-electron chi connectivity index (χ0n) is 11.2. The van der Waals surface area contributed by atoms with Crippen molar-refractivity contribution in [2.45, 2.75) is 52.6 Å². The summed E-state index contributed by atoms with van der Waals surface area (Å²) in [6.45, 7) is 6.70. The summed E-state index contributed by atoms with van der Waals surface area (Å²) in [5.74, 6) is 0.461. The minimum Gasteiger partial charge on any atom is -0.392 e. The largest absolute Gasteiger partial charge is 0.392 e. The SMILES string of the molecule is Cc1cccc(CC(O)C2CCCC2(C)C)c1. The molecule has 1 heteroatoms. The standard InChI is InChI=1S/C16H24O/c1-12-6-4-7-13(10-12)11-15(17)14-8-5-9-16(14,2)3/h4,6-7,10,14-15,17H,5,8-9,11H2,1-3H3.